The number of nitrogens with one attached hydrogen (secondary N) is 1. The average molecular weight is 292 g/mol. The summed E-state index contributed by atoms with van der Waals surface area (Å²) in [6.07, 6.45) is 5.40. The Kier molecular flexibility index (Phi) is 3.74. The summed E-state index contributed by atoms with van der Waals surface area (Å²) in [5.41, 5.74) is 2.36. The van der Waals surface area contributed by atoms with Crippen molar-refractivity contribution in [2.45, 2.75) is 19.9 Å². The van der Waals surface area contributed by atoms with Crippen LogP contribution < -0.4 is 5.32 Å². The van der Waals surface area contributed by atoms with Crippen LogP contribution in [0.4, 0.5) is 5.82 Å². The van der Waals surface area contributed by atoms with Crippen LogP contribution in [0.5, 0.6) is 0 Å². The third kappa shape index (κ3) is 2.82. The van der Waals surface area contributed by atoms with E-state index >= 15 is 0 Å². The van der Waals surface area contributed by atoms with E-state index in [1.807, 2.05) is 31.3 Å². The van der Waals surface area contributed by atoms with Crippen molar-refractivity contribution >= 4 is 21.7 Å². The predicted octanol–water partition coefficient (Wildman–Crippen LogP) is 3.72. The second-order valence-electron chi connectivity index (χ2n) is 3.94. The third-order valence-corrected chi connectivity index (χ3v) is 3.64. The molecule has 4 heteroatoms. The molecule has 0 saturated heterocycles. The molecule has 1 N–H and O–H groups in total. The van der Waals surface area contributed by atoms with Crippen LogP contribution in [0.15, 0.2) is 41.3 Å². The number of nitrogens with zero attached hydrogens (tertiary/aromatic N) is 2. The van der Waals surface area contributed by atoms with Crippen molar-refractivity contribution in [3.05, 3.63) is 52.4 Å². The number of halogens is 1. The Morgan fingerprint density at radius 2 is 1.88 bits per heavy atom. The highest BCUT2D eigenvalue weighted by atomic mass is 79.9. The molecule has 0 aromatic carbocycles. The maximum absolute atomic E-state index is 4.33. The minimum Gasteiger partial charge on any atom is -0.363 e. The lowest BCUT2D eigenvalue weighted by Crippen LogP contribution is -2.08. The molecule has 0 aliphatic heterocycles. The van der Waals surface area contributed by atoms with Gasteiger partial charge in [-0.15, -0.1) is 0 Å². The molecular formula is C13H14BrN3. The van der Waals surface area contributed by atoms with Gasteiger partial charge in [-0.05, 0) is 59.1 Å². The van der Waals surface area contributed by atoms with Crippen LogP contribution in [0.3, 0.4) is 0 Å². The quantitative estimate of drug-likeness (QED) is 0.937. The van der Waals surface area contributed by atoms with E-state index in [0.29, 0.717) is 0 Å². The zero-order valence-electron chi connectivity index (χ0n) is 9.81. The van der Waals surface area contributed by atoms with Crippen LogP contribution in [0.1, 0.15) is 24.1 Å². The van der Waals surface area contributed by atoms with Crippen LogP contribution in [-0.4, -0.2) is 9.97 Å². The number of anilines is 1. The van der Waals surface area contributed by atoms with Crippen LogP contribution in [0.2, 0.25) is 0 Å². The number of rotatable bonds is 3. The molecule has 0 bridgehead atoms. The fraction of sp³-hybridized carbons (Fsp3) is 0.231. The molecule has 0 spiro atoms. The molecule has 0 radical (unpaired) electrons. The Balaban J connectivity index is 2.19. The minimum atomic E-state index is 0.198. The zero-order chi connectivity index (χ0) is 12.3. The lowest BCUT2D eigenvalue weighted by molar-refractivity contribution is 0.868. The van der Waals surface area contributed by atoms with E-state index < -0.39 is 0 Å². The second kappa shape index (κ2) is 5.27. The topological polar surface area (TPSA) is 37.8 Å². The van der Waals surface area contributed by atoms with E-state index in [0.717, 1.165) is 10.3 Å². The van der Waals surface area contributed by atoms with Gasteiger partial charge in [-0.2, -0.15) is 0 Å². The molecule has 1 atom stereocenters. The molecule has 17 heavy (non-hydrogen) atoms. The normalized spacial score (nSPS) is 12.2. The van der Waals surface area contributed by atoms with Gasteiger partial charge in [0, 0.05) is 18.6 Å². The summed E-state index contributed by atoms with van der Waals surface area (Å²) in [5, 5.41) is 3.38. The largest absolute Gasteiger partial charge is 0.363 e. The molecule has 0 amide bonds. The summed E-state index contributed by atoms with van der Waals surface area (Å²) in [7, 11) is 0. The summed E-state index contributed by atoms with van der Waals surface area (Å²) >= 11 is 3.54. The Morgan fingerprint density at radius 1 is 1.18 bits per heavy atom. The minimum absolute atomic E-state index is 0.198. The van der Waals surface area contributed by atoms with Crippen molar-refractivity contribution in [1.82, 2.24) is 9.97 Å². The fourth-order valence-corrected chi connectivity index (χ4v) is 1.93. The van der Waals surface area contributed by atoms with Crippen molar-refractivity contribution < 1.29 is 0 Å². The number of hydrogen-bond acceptors (Lipinski definition) is 3. The molecule has 0 aliphatic rings. The van der Waals surface area contributed by atoms with E-state index in [1.54, 1.807) is 12.4 Å². The molecule has 88 valence electrons. The van der Waals surface area contributed by atoms with Crippen LogP contribution >= 0.6 is 15.9 Å². The molecule has 3 nitrogen and oxygen atoms in total. The first-order chi connectivity index (χ1) is 8.18. The Hall–Kier alpha value is -1.42. The van der Waals surface area contributed by atoms with E-state index in [-0.39, 0.29) is 6.04 Å². The molecule has 0 aliphatic carbocycles. The highest BCUT2D eigenvalue weighted by Crippen LogP contribution is 2.26. The highest BCUT2D eigenvalue weighted by Gasteiger charge is 2.09. The number of aromatic nitrogens is 2. The highest BCUT2D eigenvalue weighted by molar-refractivity contribution is 9.10. The third-order valence-electron chi connectivity index (χ3n) is 2.64. The van der Waals surface area contributed by atoms with Gasteiger partial charge in [0.05, 0.1) is 10.5 Å². The predicted molar refractivity (Wildman–Crippen MR) is 72.9 cm³/mol. The average Bonchev–Trinajstić information content (AvgIpc) is 2.36. The molecule has 2 heterocycles. The smallest absolute Gasteiger partial charge is 0.141 e. The van der Waals surface area contributed by atoms with Crippen LogP contribution in [0, 0.1) is 6.92 Å². The van der Waals surface area contributed by atoms with Gasteiger partial charge in [-0.1, -0.05) is 0 Å². The summed E-state index contributed by atoms with van der Waals surface area (Å²) in [6.45, 7) is 4.15. The lowest BCUT2D eigenvalue weighted by Gasteiger charge is -2.16. The summed E-state index contributed by atoms with van der Waals surface area (Å²) in [5.74, 6) is 0.870. The van der Waals surface area contributed by atoms with Crippen molar-refractivity contribution in [1.29, 1.82) is 0 Å². The Bertz CT molecular complexity index is 499. The van der Waals surface area contributed by atoms with Gasteiger partial charge >= 0.3 is 0 Å². The molecule has 2 aromatic rings. The first kappa shape index (κ1) is 12.0. The molecule has 1 unspecified atom stereocenters. The van der Waals surface area contributed by atoms with Crippen molar-refractivity contribution in [3.63, 3.8) is 0 Å². The summed E-state index contributed by atoms with van der Waals surface area (Å²) in [4.78, 5) is 8.34. The maximum Gasteiger partial charge on any atom is 0.141 e. The monoisotopic (exact) mass is 291 g/mol. The zero-order valence-corrected chi connectivity index (χ0v) is 11.4. The molecular weight excluding hydrogens is 278 g/mol. The van der Waals surface area contributed by atoms with Crippen molar-refractivity contribution in [3.8, 4) is 0 Å². The van der Waals surface area contributed by atoms with Crippen molar-refractivity contribution in [2.24, 2.45) is 0 Å². The lowest BCUT2D eigenvalue weighted by atomic mass is 10.1. The van der Waals surface area contributed by atoms with E-state index in [1.165, 1.54) is 11.1 Å². The Morgan fingerprint density at radius 3 is 2.59 bits per heavy atom. The van der Waals surface area contributed by atoms with Gasteiger partial charge in [0.25, 0.3) is 0 Å². The van der Waals surface area contributed by atoms with Gasteiger partial charge < -0.3 is 5.32 Å². The first-order valence-corrected chi connectivity index (χ1v) is 6.25. The maximum atomic E-state index is 4.33. The molecule has 0 fully saturated rings. The summed E-state index contributed by atoms with van der Waals surface area (Å²) < 4.78 is 1.01. The van der Waals surface area contributed by atoms with Gasteiger partial charge in [0.15, 0.2) is 0 Å². The van der Waals surface area contributed by atoms with Gasteiger partial charge in [-0.25, -0.2) is 4.98 Å². The van der Waals surface area contributed by atoms with Crippen LogP contribution in [-0.2, 0) is 0 Å². The first-order valence-electron chi connectivity index (χ1n) is 5.46. The number of hydrogen-bond donors (Lipinski definition) is 1. The van der Waals surface area contributed by atoms with Gasteiger partial charge in [0.2, 0.25) is 0 Å². The standard InChI is InChI=1S/C13H14BrN3/c1-9-3-8-16-13(12(9)14)17-10(2)11-4-6-15-7-5-11/h3-8,10H,1-2H3,(H,16,17). The van der Waals surface area contributed by atoms with E-state index in [4.69, 9.17) is 0 Å². The SMILES string of the molecule is Cc1ccnc(NC(C)c2ccncc2)c1Br. The van der Waals surface area contributed by atoms with Gasteiger partial charge in [0.1, 0.15) is 5.82 Å². The fourth-order valence-electron chi connectivity index (χ4n) is 1.58. The summed E-state index contributed by atoms with van der Waals surface area (Å²) in [6, 6.07) is 6.18. The van der Waals surface area contributed by atoms with E-state index in [9.17, 15) is 0 Å². The Labute approximate surface area is 109 Å². The van der Waals surface area contributed by atoms with Crippen molar-refractivity contribution in [2.75, 3.05) is 5.32 Å². The number of aryl methyl sites for hydroxylation is 1. The number of pyridine rings is 2. The molecule has 0 saturated carbocycles. The van der Waals surface area contributed by atoms with E-state index in [2.05, 4.69) is 38.1 Å². The molecule has 2 rings (SSSR count). The van der Waals surface area contributed by atoms with Crippen LogP contribution in [0.25, 0.3) is 0 Å². The van der Waals surface area contributed by atoms with Gasteiger partial charge in [-0.3, -0.25) is 4.98 Å². The second-order valence-corrected chi connectivity index (χ2v) is 4.73. The molecule has 2 aromatic heterocycles.